The molecule has 4 heterocycles. The molecule has 1 N–H and O–H groups in total. The van der Waals surface area contributed by atoms with Crippen LogP contribution in [0.15, 0.2) is 40.0 Å². The highest BCUT2D eigenvalue weighted by molar-refractivity contribution is 8.18. The van der Waals surface area contributed by atoms with E-state index in [1.165, 1.54) is 24.5 Å². The number of carbonyl (C=O) groups is 2. The number of fused-ring (bicyclic) bond motifs is 1. The summed E-state index contributed by atoms with van der Waals surface area (Å²) in [5, 5.41) is 2.18. The second-order valence-corrected chi connectivity index (χ2v) is 6.48. The van der Waals surface area contributed by atoms with E-state index < -0.39 is 17.0 Å². The van der Waals surface area contributed by atoms with Crippen molar-refractivity contribution < 1.29 is 18.4 Å². The molecule has 0 atom stereocenters. The number of hydrogen-bond donors (Lipinski definition) is 1. The van der Waals surface area contributed by atoms with Crippen LogP contribution in [0, 0.1) is 5.82 Å². The first kappa shape index (κ1) is 15.8. The van der Waals surface area contributed by atoms with Crippen LogP contribution < -0.4 is 5.32 Å². The van der Waals surface area contributed by atoms with Gasteiger partial charge in [-0.2, -0.15) is 0 Å². The highest BCUT2D eigenvalue weighted by atomic mass is 35.5. The molecule has 0 aliphatic carbocycles. The number of aromatic nitrogens is 2. The Morgan fingerprint density at radius 1 is 1.24 bits per heavy atom. The Hall–Kier alpha value is -2.71. The van der Waals surface area contributed by atoms with E-state index in [-0.39, 0.29) is 10.1 Å². The minimum absolute atomic E-state index is 0.220. The lowest BCUT2D eigenvalue weighted by Gasteiger charge is -2.02. The number of amides is 2. The molecule has 0 bridgehead atoms. The van der Waals surface area contributed by atoms with Gasteiger partial charge in [0.15, 0.2) is 11.0 Å². The fourth-order valence-electron chi connectivity index (χ4n) is 2.38. The molecule has 1 saturated heterocycles. The molecule has 1 aliphatic rings. The molecule has 3 aromatic heterocycles. The summed E-state index contributed by atoms with van der Waals surface area (Å²) in [6, 6.07) is 2.92. The van der Waals surface area contributed by atoms with E-state index >= 15 is 0 Å². The SMILES string of the molecule is O=C1NC(=O)/C(=C/c2cc3cncc(-c4cnc(Cl)c(F)c4)c3o2)S1. The fourth-order valence-corrected chi connectivity index (χ4v) is 3.14. The average molecular weight is 376 g/mol. The molecule has 0 saturated carbocycles. The van der Waals surface area contributed by atoms with Crippen LogP contribution in [0.4, 0.5) is 9.18 Å². The van der Waals surface area contributed by atoms with Gasteiger partial charge in [0.05, 0.1) is 4.91 Å². The monoisotopic (exact) mass is 375 g/mol. The molecule has 1 fully saturated rings. The molecule has 25 heavy (non-hydrogen) atoms. The molecule has 0 radical (unpaired) electrons. The predicted molar refractivity (Wildman–Crippen MR) is 91.3 cm³/mol. The summed E-state index contributed by atoms with van der Waals surface area (Å²) in [7, 11) is 0. The van der Waals surface area contributed by atoms with Crippen molar-refractivity contribution in [3.63, 3.8) is 0 Å². The van der Waals surface area contributed by atoms with Gasteiger partial charge in [-0.15, -0.1) is 0 Å². The third-order valence-corrected chi connectivity index (χ3v) is 4.55. The third-order valence-electron chi connectivity index (χ3n) is 3.46. The molecule has 1 aliphatic heterocycles. The summed E-state index contributed by atoms with van der Waals surface area (Å²) in [6.45, 7) is 0. The molecule has 0 unspecified atom stereocenters. The Bertz CT molecular complexity index is 1080. The van der Waals surface area contributed by atoms with Crippen molar-refractivity contribution in [2.24, 2.45) is 0 Å². The van der Waals surface area contributed by atoms with Crippen molar-refractivity contribution in [3.05, 3.63) is 52.4 Å². The number of thioether (sulfide) groups is 1. The number of hydrogen-bond acceptors (Lipinski definition) is 6. The second kappa shape index (κ2) is 5.98. The normalized spacial score (nSPS) is 16.0. The maximum absolute atomic E-state index is 13.7. The first-order valence-electron chi connectivity index (χ1n) is 6.95. The van der Waals surface area contributed by atoms with Crippen molar-refractivity contribution >= 4 is 51.6 Å². The quantitative estimate of drug-likeness (QED) is 0.538. The summed E-state index contributed by atoms with van der Waals surface area (Å²) in [6.07, 6.45) is 5.99. The smallest absolute Gasteiger partial charge is 0.290 e. The zero-order valence-electron chi connectivity index (χ0n) is 12.2. The van der Waals surface area contributed by atoms with Crippen LogP contribution in [0.2, 0.25) is 5.15 Å². The molecule has 2 amide bonds. The highest BCUT2D eigenvalue weighted by Crippen LogP contribution is 2.33. The van der Waals surface area contributed by atoms with Crippen molar-refractivity contribution in [2.75, 3.05) is 0 Å². The van der Waals surface area contributed by atoms with Gasteiger partial charge in [0.1, 0.15) is 11.3 Å². The molecule has 0 spiro atoms. The third kappa shape index (κ3) is 2.90. The van der Waals surface area contributed by atoms with Gasteiger partial charge < -0.3 is 4.42 Å². The number of pyridine rings is 2. The van der Waals surface area contributed by atoms with E-state index in [2.05, 4.69) is 15.3 Å². The topological polar surface area (TPSA) is 85.1 Å². The minimum atomic E-state index is -0.650. The van der Waals surface area contributed by atoms with E-state index in [4.69, 9.17) is 16.0 Å². The fraction of sp³-hybridized carbons (Fsp3) is 0. The second-order valence-electron chi connectivity index (χ2n) is 5.10. The lowest BCUT2D eigenvalue weighted by Crippen LogP contribution is -2.17. The van der Waals surface area contributed by atoms with Crippen LogP contribution >= 0.6 is 23.4 Å². The van der Waals surface area contributed by atoms with Crippen LogP contribution in [0.1, 0.15) is 5.76 Å². The Labute approximate surface area is 149 Å². The lowest BCUT2D eigenvalue weighted by atomic mass is 10.1. The van der Waals surface area contributed by atoms with Gasteiger partial charge in [-0.25, -0.2) is 9.37 Å². The summed E-state index contributed by atoms with van der Waals surface area (Å²) in [5.74, 6) is -0.751. The van der Waals surface area contributed by atoms with E-state index in [0.717, 1.165) is 11.8 Å². The van der Waals surface area contributed by atoms with Gasteiger partial charge in [0, 0.05) is 41.2 Å². The minimum Gasteiger partial charge on any atom is -0.456 e. The number of rotatable bonds is 2. The number of imide groups is 1. The number of nitrogens with zero attached hydrogens (tertiary/aromatic N) is 2. The Balaban J connectivity index is 1.81. The molecule has 3 aromatic rings. The summed E-state index contributed by atoms with van der Waals surface area (Å²) < 4.78 is 19.5. The van der Waals surface area contributed by atoms with Crippen molar-refractivity contribution in [1.29, 1.82) is 0 Å². The first-order chi connectivity index (χ1) is 12.0. The van der Waals surface area contributed by atoms with Gasteiger partial charge in [-0.3, -0.25) is 19.9 Å². The Morgan fingerprint density at radius 2 is 2.08 bits per heavy atom. The van der Waals surface area contributed by atoms with Gasteiger partial charge in [0.25, 0.3) is 11.1 Å². The van der Waals surface area contributed by atoms with Gasteiger partial charge in [-0.1, -0.05) is 11.6 Å². The van der Waals surface area contributed by atoms with Crippen molar-refractivity contribution in [3.8, 4) is 11.1 Å². The summed E-state index contributed by atoms with van der Waals surface area (Å²) in [4.78, 5) is 31.0. The number of halogens is 2. The van der Waals surface area contributed by atoms with Crippen molar-refractivity contribution in [1.82, 2.24) is 15.3 Å². The molecule has 6 nitrogen and oxygen atoms in total. The maximum Gasteiger partial charge on any atom is 0.290 e. The summed E-state index contributed by atoms with van der Waals surface area (Å²) in [5.41, 5.74) is 1.45. The van der Waals surface area contributed by atoms with E-state index in [9.17, 15) is 14.0 Å². The molecule has 9 heteroatoms. The van der Waals surface area contributed by atoms with Crippen LogP contribution in [0.3, 0.4) is 0 Å². The van der Waals surface area contributed by atoms with Gasteiger partial charge in [-0.05, 0) is 23.9 Å². The molecular formula is C16H7ClFN3O3S. The molecule has 0 aromatic carbocycles. The number of nitrogens with one attached hydrogen (secondary N) is 1. The number of carbonyl (C=O) groups excluding carboxylic acids is 2. The van der Waals surface area contributed by atoms with Gasteiger partial charge >= 0.3 is 0 Å². The number of furan rings is 1. The molecular weight excluding hydrogens is 369 g/mol. The summed E-state index contributed by atoms with van der Waals surface area (Å²) >= 11 is 6.40. The van der Waals surface area contributed by atoms with Crippen LogP contribution in [-0.2, 0) is 4.79 Å². The first-order valence-corrected chi connectivity index (χ1v) is 8.14. The zero-order valence-corrected chi connectivity index (χ0v) is 13.8. The average Bonchev–Trinajstić information content (AvgIpc) is 3.12. The van der Waals surface area contributed by atoms with Crippen LogP contribution in [-0.4, -0.2) is 21.1 Å². The van der Waals surface area contributed by atoms with Crippen molar-refractivity contribution in [2.45, 2.75) is 0 Å². The lowest BCUT2D eigenvalue weighted by molar-refractivity contribution is -0.115. The van der Waals surface area contributed by atoms with E-state index in [1.54, 1.807) is 12.3 Å². The molecule has 124 valence electrons. The van der Waals surface area contributed by atoms with Crippen LogP contribution in [0.5, 0.6) is 0 Å². The predicted octanol–water partition coefficient (Wildman–Crippen LogP) is 4.01. The van der Waals surface area contributed by atoms with Gasteiger partial charge in [0.2, 0.25) is 0 Å². The standard InChI is InChI=1S/C16H7ClFN3O3S/c17-14-11(18)2-7(5-20-14)10-6-19-4-8-1-9(24-13(8)10)3-12-15(22)21-16(23)25-12/h1-6H,(H,21,22,23)/b12-3-. The Kier molecular flexibility index (Phi) is 3.78. The maximum atomic E-state index is 13.7. The van der Waals surface area contributed by atoms with Crippen LogP contribution in [0.25, 0.3) is 28.2 Å². The largest absolute Gasteiger partial charge is 0.456 e. The highest BCUT2D eigenvalue weighted by Gasteiger charge is 2.25. The molecule has 4 rings (SSSR count). The van der Waals surface area contributed by atoms with E-state index in [1.807, 2.05) is 0 Å². The Morgan fingerprint density at radius 3 is 2.80 bits per heavy atom. The zero-order chi connectivity index (χ0) is 17.6. The van der Waals surface area contributed by atoms with E-state index in [0.29, 0.717) is 27.9 Å².